The minimum Gasteiger partial charge on any atom is -0.469 e. The predicted octanol–water partition coefficient (Wildman–Crippen LogP) is 3.54. The van der Waals surface area contributed by atoms with E-state index >= 15 is 0 Å². The number of esters is 1. The molecule has 2 saturated heterocycles. The lowest BCUT2D eigenvalue weighted by Crippen LogP contribution is -2.66. The molecule has 3 rings (SSSR count). The second kappa shape index (κ2) is 9.27. The first-order valence-electron chi connectivity index (χ1n) is 10.3. The van der Waals surface area contributed by atoms with Crippen molar-refractivity contribution in [1.82, 2.24) is 9.80 Å². The highest BCUT2D eigenvalue weighted by Gasteiger charge is 2.51. The van der Waals surface area contributed by atoms with E-state index in [4.69, 9.17) is 16.3 Å². The van der Waals surface area contributed by atoms with Gasteiger partial charge in [-0.2, -0.15) is 0 Å². The highest BCUT2D eigenvalue weighted by Crippen LogP contribution is 2.39. The van der Waals surface area contributed by atoms with Gasteiger partial charge in [0, 0.05) is 43.7 Å². The maximum absolute atomic E-state index is 13.5. The van der Waals surface area contributed by atoms with Crippen molar-refractivity contribution in [2.75, 3.05) is 33.3 Å². The van der Waals surface area contributed by atoms with Crippen LogP contribution in [0, 0.1) is 5.41 Å². The highest BCUT2D eigenvalue weighted by molar-refractivity contribution is 6.30. The number of nitrogens with zero attached hydrogens (tertiary/aromatic N) is 2. The molecule has 1 unspecified atom stereocenters. The molecule has 0 spiro atoms. The normalized spacial score (nSPS) is 20.3. The highest BCUT2D eigenvalue weighted by atomic mass is 35.5. The average Bonchev–Trinajstić information content (AvgIpc) is 2.70. The van der Waals surface area contributed by atoms with Crippen molar-refractivity contribution in [1.29, 1.82) is 0 Å². The Bertz CT molecular complexity index is 680. The van der Waals surface area contributed by atoms with Crippen molar-refractivity contribution in [3.63, 3.8) is 0 Å². The molecule has 2 aliphatic heterocycles. The topological polar surface area (TPSA) is 49.9 Å². The van der Waals surface area contributed by atoms with Gasteiger partial charge in [-0.05, 0) is 56.7 Å². The van der Waals surface area contributed by atoms with Crippen LogP contribution < -0.4 is 0 Å². The Morgan fingerprint density at radius 1 is 1.14 bits per heavy atom. The summed E-state index contributed by atoms with van der Waals surface area (Å²) in [6.45, 7) is 5.36. The molecule has 28 heavy (non-hydrogen) atoms. The fraction of sp³-hybridized carbons (Fsp3) is 0.636. The minimum absolute atomic E-state index is 0.177. The van der Waals surface area contributed by atoms with E-state index in [0.717, 1.165) is 57.4 Å². The van der Waals surface area contributed by atoms with Crippen LogP contribution in [-0.4, -0.2) is 61.0 Å². The van der Waals surface area contributed by atoms with Crippen molar-refractivity contribution in [3.05, 3.63) is 34.9 Å². The van der Waals surface area contributed by atoms with Crippen LogP contribution in [0.3, 0.4) is 0 Å². The van der Waals surface area contributed by atoms with Gasteiger partial charge in [0.05, 0.1) is 12.5 Å². The number of carbonyl (C=O) groups is 2. The van der Waals surface area contributed by atoms with Crippen LogP contribution in [0.25, 0.3) is 0 Å². The minimum atomic E-state index is -0.370. The van der Waals surface area contributed by atoms with Crippen molar-refractivity contribution in [3.8, 4) is 0 Å². The molecular formula is C22H31ClN2O3. The summed E-state index contributed by atoms with van der Waals surface area (Å²) >= 11 is 6.03. The van der Waals surface area contributed by atoms with Crippen molar-refractivity contribution >= 4 is 23.5 Å². The second-order valence-electron chi connectivity index (χ2n) is 8.31. The molecule has 154 valence electrons. The van der Waals surface area contributed by atoms with Crippen LogP contribution in [0.15, 0.2) is 24.3 Å². The summed E-state index contributed by atoms with van der Waals surface area (Å²) in [6.07, 6.45) is 5.31. The second-order valence-corrected chi connectivity index (χ2v) is 8.74. The van der Waals surface area contributed by atoms with Crippen molar-refractivity contribution in [2.24, 2.45) is 5.41 Å². The third-order valence-corrected chi connectivity index (χ3v) is 6.43. The molecule has 0 N–H and O–H groups in total. The lowest BCUT2D eigenvalue weighted by molar-refractivity contribution is -0.157. The molecule has 2 heterocycles. The average molecular weight is 407 g/mol. The fourth-order valence-corrected chi connectivity index (χ4v) is 4.53. The number of rotatable bonds is 7. The Morgan fingerprint density at radius 3 is 2.39 bits per heavy atom. The van der Waals surface area contributed by atoms with Crippen molar-refractivity contribution < 1.29 is 14.3 Å². The zero-order chi connectivity index (χ0) is 20.1. The van der Waals surface area contributed by atoms with Crippen LogP contribution in [0.2, 0.25) is 5.02 Å². The van der Waals surface area contributed by atoms with E-state index in [1.165, 1.54) is 13.5 Å². The number of methoxy groups -OCH3 is 1. The summed E-state index contributed by atoms with van der Waals surface area (Å²) in [5.41, 5.74) is 0.779. The maximum atomic E-state index is 13.5. The van der Waals surface area contributed by atoms with Crippen LogP contribution in [0.4, 0.5) is 0 Å². The van der Waals surface area contributed by atoms with E-state index in [2.05, 4.69) is 16.7 Å². The summed E-state index contributed by atoms with van der Waals surface area (Å²) in [4.78, 5) is 29.3. The van der Waals surface area contributed by atoms with Gasteiger partial charge in [-0.15, -0.1) is 0 Å². The van der Waals surface area contributed by atoms with E-state index in [-0.39, 0.29) is 17.4 Å². The molecule has 0 aliphatic carbocycles. The number of ether oxygens (including phenoxy) is 1. The van der Waals surface area contributed by atoms with E-state index in [1.54, 1.807) is 0 Å². The number of hydrogen-bond acceptors (Lipinski definition) is 4. The van der Waals surface area contributed by atoms with Crippen LogP contribution in [0.1, 0.15) is 44.6 Å². The van der Waals surface area contributed by atoms with Gasteiger partial charge in [0.25, 0.3) is 0 Å². The SMILES string of the molecule is COC(=O)CCC(C)N1CC(Cc2ccc(Cl)cc2)(C(=O)N2CCCCC2)C1. The Kier molecular flexibility index (Phi) is 7.00. The van der Waals surface area contributed by atoms with Gasteiger partial charge in [-0.25, -0.2) is 0 Å². The monoisotopic (exact) mass is 406 g/mol. The van der Waals surface area contributed by atoms with E-state index < -0.39 is 0 Å². The number of likely N-dealkylation sites (tertiary alicyclic amines) is 2. The predicted molar refractivity (Wildman–Crippen MR) is 110 cm³/mol. The van der Waals surface area contributed by atoms with Gasteiger partial charge < -0.3 is 9.64 Å². The van der Waals surface area contributed by atoms with Gasteiger partial charge in [0.15, 0.2) is 0 Å². The van der Waals surface area contributed by atoms with Gasteiger partial charge in [0.1, 0.15) is 0 Å². The molecule has 1 aromatic carbocycles. The van der Waals surface area contributed by atoms with Crippen LogP contribution in [-0.2, 0) is 20.7 Å². The molecule has 0 saturated carbocycles. The van der Waals surface area contributed by atoms with Gasteiger partial charge in [0.2, 0.25) is 5.91 Å². The number of benzene rings is 1. The molecular weight excluding hydrogens is 376 g/mol. The number of halogens is 1. The van der Waals surface area contributed by atoms with E-state index in [1.807, 2.05) is 24.3 Å². The molecule has 1 aromatic rings. The number of hydrogen-bond donors (Lipinski definition) is 0. The molecule has 2 aliphatic rings. The lowest BCUT2D eigenvalue weighted by Gasteiger charge is -2.53. The van der Waals surface area contributed by atoms with Crippen LogP contribution in [0.5, 0.6) is 0 Å². The van der Waals surface area contributed by atoms with Gasteiger partial charge >= 0.3 is 5.97 Å². The number of piperidine rings is 1. The molecule has 0 bridgehead atoms. The molecule has 6 heteroatoms. The van der Waals surface area contributed by atoms with E-state index in [0.29, 0.717) is 17.4 Å². The Hall–Kier alpha value is -1.59. The third kappa shape index (κ3) is 4.87. The van der Waals surface area contributed by atoms with E-state index in [9.17, 15) is 9.59 Å². The standard InChI is InChI=1S/C22H31ClN2O3/c1-17(6-11-20(26)28-2)25-15-22(16-25,14-18-7-9-19(23)10-8-18)21(27)24-12-4-3-5-13-24/h7-10,17H,3-6,11-16H2,1-2H3. The molecule has 0 radical (unpaired) electrons. The first-order valence-corrected chi connectivity index (χ1v) is 10.7. The quantitative estimate of drug-likeness (QED) is 0.650. The maximum Gasteiger partial charge on any atom is 0.305 e. The zero-order valence-corrected chi connectivity index (χ0v) is 17.7. The number of carbonyl (C=O) groups excluding carboxylic acids is 2. The fourth-order valence-electron chi connectivity index (χ4n) is 4.40. The zero-order valence-electron chi connectivity index (χ0n) is 17.0. The van der Waals surface area contributed by atoms with Crippen LogP contribution >= 0.6 is 11.6 Å². The Labute approximate surface area is 173 Å². The summed E-state index contributed by atoms with van der Waals surface area (Å²) in [5, 5.41) is 0.715. The lowest BCUT2D eigenvalue weighted by atomic mass is 9.72. The molecule has 5 nitrogen and oxygen atoms in total. The van der Waals surface area contributed by atoms with Crippen molar-refractivity contribution in [2.45, 2.75) is 51.5 Å². The summed E-state index contributed by atoms with van der Waals surface area (Å²) in [6, 6.07) is 8.09. The summed E-state index contributed by atoms with van der Waals surface area (Å²) in [7, 11) is 1.42. The first-order chi connectivity index (χ1) is 13.4. The molecule has 2 fully saturated rings. The molecule has 1 atom stereocenters. The van der Waals surface area contributed by atoms with Gasteiger partial charge in [-0.3, -0.25) is 14.5 Å². The summed E-state index contributed by atoms with van der Waals surface area (Å²) < 4.78 is 4.75. The number of amides is 1. The Morgan fingerprint density at radius 2 is 1.79 bits per heavy atom. The molecule has 0 aromatic heterocycles. The smallest absolute Gasteiger partial charge is 0.305 e. The molecule has 1 amide bonds. The third-order valence-electron chi connectivity index (χ3n) is 6.18. The Balaban J connectivity index is 1.68. The summed E-state index contributed by atoms with van der Waals surface area (Å²) in [5.74, 6) is 0.114. The first kappa shape index (κ1) is 21.1. The largest absolute Gasteiger partial charge is 0.469 e. The van der Waals surface area contributed by atoms with Gasteiger partial charge in [-0.1, -0.05) is 23.7 Å².